The van der Waals surface area contributed by atoms with Gasteiger partial charge in [-0.05, 0) is 5.56 Å². The molecule has 0 aromatic heterocycles. The van der Waals surface area contributed by atoms with E-state index in [1.165, 1.54) is 23.6 Å². The van der Waals surface area contributed by atoms with Gasteiger partial charge in [0.1, 0.15) is 17.7 Å². The second-order valence-electron chi connectivity index (χ2n) is 5.66. The van der Waals surface area contributed by atoms with Crippen molar-refractivity contribution < 1.29 is 29.0 Å². The molecule has 25 heavy (non-hydrogen) atoms. The Kier molecular flexibility index (Phi) is 5.10. The maximum atomic E-state index is 12.4. The number of carbonyl (C=O) groups is 3. The lowest BCUT2D eigenvalue weighted by atomic mass is 10.1. The fourth-order valence-electron chi connectivity index (χ4n) is 2.73. The van der Waals surface area contributed by atoms with E-state index in [2.05, 4.69) is 0 Å². The van der Waals surface area contributed by atoms with E-state index >= 15 is 0 Å². The van der Waals surface area contributed by atoms with Gasteiger partial charge in [0.25, 0.3) is 5.91 Å². The quantitative estimate of drug-likeness (QED) is 0.603. The maximum Gasteiger partial charge on any atom is 0.352 e. The van der Waals surface area contributed by atoms with Crippen LogP contribution < -0.4 is 0 Å². The summed E-state index contributed by atoms with van der Waals surface area (Å²) >= 11 is 1.41. The van der Waals surface area contributed by atoms with Gasteiger partial charge in [-0.25, -0.2) is 4.79 Å². The van der Waals surface area contributed by atoms with E-state index in [9.17, 15) is 19.5 Å². The van der Waals surface area contributed by atoms with Crippen LogP contribution in [-0.4, -0.2) is 51.7 Å². The van der Waals surface area contributed by atoms with Crippen LogP contribution >= 0.6 is 11.8 Å². The first-order valence-corrected chi connectivity index (χ1v) is 8.73. The van der Waals surface area contributed by atoms with Crippen molar-refractivity contribution in [1.82, 2.24) is 4.90 Å². The van der Waals surface area contributed by atoms with E-state index in [0.29, 0.717) is 11.3 Å². The van der Waals surface area contributed by atoms with E-state index in [4.69, 9.17) is 9.47 Å². The molecule has 2 aliphatic heterocycles. The number of amides is 1. The minimum atomic E-state index is -1.21. The van der Waals surface area contributed by atoms with Crippen molar-refractivity contribution in [1.29, 1.82) is 0 Å². The number of aliphatic carboxylic acids is 1. The average Bonchev–Trinajstić information content (AvgIpc) is 2.60. The first kappa shape index (κ1) is 17.5. The molecule has 0 spiro atoms. The largest absolute Gasteiger partial charge is 0.477 e. The number of rotatable bonds is 6. The lowest BCUT2D eigenvalue weighted by Crippen LogP contribution is -2.65. The Hall–Kier alpha value is -2.32. The summed E-state index contributed by atoms with van der Waals surface area (Å²) < 4.78 is 10.6. The van der Waals surface area contributed by atoms with Gasteiger partial charge in [-0.15, -0.1) is 11.8 Å². The molecule has 2 atom stereocenters. The summed E-state index contributed by atoms with van der Waals surface area (Å²) in [5.74, 6) is -1.72. The van der Waals surface area contributed by atoms with Gasteiger partial charge in [0, 0.05) is 18.2 Å². The number of carboxylic acid groups (broad SMARTS) is 1. The molecule has 2 aliphatic rings. The Balaban J connectivity index is 1.70. The normalized spacial score (nSPS) is 22.3. The molecule has 0 unspecified atom stereocenters. The SMILES string of the molecule is CC(=O)OCC1=C(C(=O)O)N2C(=O)[C@@H](OCc3ccccc3)[C@H]2SC1. The highest BCUT2D eigenvalue weighted by molar-refractivity contribution is 8.00. The van der Waals surface area contributed by atoms with Crippen molar-refractivity contribution in [3.05, 3.63) is 47.2 Å². The number of β-lactam (4-membered cyclic amide) rings is 1. The maximum absolute atomic E-state index is 12.4. The Bertz CT molecular complexity index is 732. The first-order chi connectivity index (χ1) is 12.0. The molecular formula is C17H17NO6S. The molecule has 1 saturated heterocycles. The van der Waals surface area contributed by atoms with Gasteiger partial charge in [0.15, 0.2) is 6.10 Å². The number of hydrogen-bond donors (Lipinski definition) is 1. The third-order valence-corrected chi connectivity index (χ3v) is 5.24. The van der Waals surface area contributed by atoms with E-state index in [1.807, 2.05) is 30.3 Å². The minimum absolute atomic E-state index is 0.102. The van der Waals surface area contributed by atoms with Crippen molar-refractivity contribution in [2.24, 2.45) is 0 Å². The topological polar surface area (TPSA) is 93.1 Å². The van der Waals surface area contributed by atoms with Crippen LogP contribution in [0, 0.1) is 0 Å². The molecule has 1 amide bonds. The summed E-state index contributed by atoms with van der Waals surface area (Å²) in [6.07, 6.45) is -0.671. The third kappa shape index (κ3) is 3.54. The molecule has 0 bridgehead atoms. The number of esters is 1. The molecule has 0 saturated carbocycles. The molecule has 3 rings (SSSR count). The number of fused-ring (bicyclic) bond motifs is 1. The first-order valence-electron chi connectivity index (χ1n) is 7.68. The fraction of sp³-hybridized carbons (Fsp3) is 0.353. The standard InChI is InChI=1S/C17H17NO6S/c1-10(19)23-8-12-9-25-16-14(15(20)18(16)13(12)17(21)22)24-7-11-5-3-2-4-6-11/h2-6,14,16H,7-9H2,1H3,(H,21,22)/t14-,16-/m1/s1. The molecule has 0 aliphatic carbocycles. The zero-order chi connectivity index (χ0) is 18.0. The van der Waals surface area contributed by atoms with Crippen LogP contribution in [0.1, 0.15) is 12.5 Å². The zero-order valence-electron chi connectivity index (χ0n) is 13.5. The van der Waals surface area contributed by atoms with Gasteiger partial charge in [-0.1, -0.05) is 30.3 Å². The predicted molar refractivity (Wildman–Crippen MR) is 89.4 cm³/mol. The van der Waals surface area contributed by atoms with Crippen molar-refractivity contribution >= 4 is 29.6 Å². The Morgan fingerprint density at radius 1 is 1.28 bits per heavy atom. The molecule has 0 radical (unpaired) electrons. The van der Waals surface area contributed by atoms with Crippen LogP contribution in [0.15, 0.2) is 41.6 Å². The van der Waals surface area contributed by atoms with Gasteiger partial charge in [0.2, 0.25) is 0 Å². The lowest BCUT2D eigenvalue weighted by molar-refractivity contribution is -0.166. The van der Waals surface area contributed by atoms with Gasteiger partial charge in [-0.2, -0.15) is 0 Å². The lowest BCUT2D eigenvalue weighted by Gasteiger charge is -2.48. The Morgan fingerprint density at radius 3 is 2.64 bits per heavy atom. The van der Waals surface area contributed by atoms with Crippen molar-refractivity contribution in [2.45, 2.75) is 25.0 Å². The number of ether oxygens (including phenoxy) is 2. The third-order valence-electron chi connectivity index (χ3n) is 3.92. The van der Waals surface area contributed by atoms with Gasteiger partial charge >= 0.3 is 11.9 Å². The highest BCUT2D eigenvalue weighted by atomic mass is 32.2. The summed E-state index contributed by atoms with van der Waals surface area (Å²) in [4.78, 5) is 36.2. The fourth-order valence-corrected chi connectivity index (χ4v) is 4.05. The number of thioether (sulfide) groups is 1. The van der Waals surface area contributed by atoms with Crippen LogP contribution in [0.25, 0.3) is 0 Å². The molecule has 2 heterocycles. The highest BCUT2D eigenvalue weighted by Gasteiger charge is 2.54. The second-order valence-corrected chi connectivity index (χ2v) is 6.77. The summed E-state index contributed by atoms with van der Waals surface area (Å²) in [7, 11) is 0. The molecule has 1 aromatic carbocycles. The number of carboxylic acids is 1. The van der Waals surface area contributed by atoms with E-state index in [0.717, 1.165) is 5.56 Å². The van der Waals surface area contributed by atoms with Crippen molar-refractivity contribution in [3.63, 3.8) is 0 Å². The molecule has 8 heteroatoms. The Labute approximate surface area is 148 Å². The summed E-state index contributed by atoms with van der Waals surface area (Å²) in [5.41, 5.74) is 1.26. The summed E-state index contributed by atoms with van der Waals surface area (Å²) in [6.45, 7) is 1.41. The molecule has 1 aromatic rings. The number of hydrogen-bond acceptors (Lipinski definition) is 6. The summed E-state index contributed by atoms with van der Waals surface area (Å²) in [6, 6.07) is 9.46. The number of carbonyl (C=O) groups excluding carboxylic acids is 2. The smallest absolute Gasteiger partial charge is 0.352 e. The average molecular weight is 363 g/mol. The van der Waals surface area contributed by atoms with E-state index < -0.39 is 18.0 Å². The minimum Gasteiger partial charge on any atom is -0.477 e. The number of benzene rings is 1. The van der Waals surface area contributed by atoms with E-state index in [-0.39, 0.29) is 30.2 Å². The van der Waals surface area contributed by atoms with Crippen LogP contribution in [-0.2, 0) is 30.5 Å². The van der Waals surface area contributed by atoms with Crippen LogP contribution in [0.5, 0.6) is 0 Å². The van der Waals surface area contributed by atoms with Crippen LogP contribution in [0.2, 0.25) is 0 Å². The van der Waals surface area contributed by atoms with Crippen LogP contribution in [0.3, 0.4) is 0 Å². The summed E-state index contributed by atoms with van der Waals surface area (Å²) in [5, 5.41) is 9.09. The van der Waals surface area contributed by atoms with Gasteiger partial charge < -0.3 is 14.6 Å². The van der Waals surface area contributed by atoms with E-state index in [1.54, 1.807) is 0 Å². The predicted octanol–water partition coefficient (Wildman–Crippen LogP) is 1.39. The molecular weight excluding hydrogens is 346 g/mol. The Morgan fingerprint density at radius 2 is 2.00 bits per heavy atom. The molecule has 1 fully saturated rings. The van der Waals surface area contributed by atoms with Gasteiger partial charge in [-0.3, -0.25) is 14.5 Å². The molecule has 132 valence electrons. The van der Waals surface area contributed by atoms with Crippen molar-refractivity contribution in [2.75, 3.05) is 12.4 Å². The van der Waals surface area contributed by atoms with Crippen molar-refractivity contribution in [3.8, 4) is 0 Å². The van der Waals surface area contributed by atoms with Crippen LogP contribution in [0.4, 0.5) is 0 Å². The second kappa shape index (κ2) is 7.28. The molecule has 1 N–H and O–H groups in total. The zero-order valence-corrected chi connectivity index (χ0v) is 14.3. The van der Waals surface area contributed by atoms with Gasteiger partial charge in [0.05, 0.1) is 6.61 Å². The highest BCUT2D eigenvalue weighted by Crippen LogP contribution is 2.41. The monoisotopic (exact) mass is 363 g/mol. The number of nitrogens with zero attached hydrogens (tertiary/aromatic N) is 1. The molecule has 7 nitrogen and oxygen atoms in total.